The highest BCUT2D eigenvalue weighted by Gasteiger charge is 2.21. The van der Waals surface area contributed by atoms with Crippen molar-refractivity contribution < 1.29 is 5.11 Å². The monoisotopic (exact) mass is 260 g/mol. The number of nitrogens with one attached hydrogen (secondary N) is 1. The molecule has 2 aromatic rings. The van der Waals surface area contributed by atoms with Crippen molar-refractivity contribution in [2.75, 3.05) is 6.54 Å². The maximum absolute atomic E-state index is 10.3. The molecule has 0 bridgehead atoms. The lowest BCUT2D eigenvalue weighted by molar-refractivity contribution is 0.0323. The molecule has 2 rings (SSSR count). The van der Waals surface area contributed by atoms with Gasteiger partial charge >= 0.3 is 0 Å². The Labute approximate surface area is 115 Å². The van der Waals surface area contributed by atoms with Crippen LogP contribution in [0.15, 0.2) is 30.5 Å². The molecule has 2 N–H and O–H groups in total. The summed E-state index contributed by atoms with van der Waals surface area (Å²) >= 11 is 0. The van der Waals surface area contributed by atoms with Gasteiger partial charge in [-0.1, -0.05) is 32.0 Å². The summed E-state index contributed by atoms with van der Waals surface area (Å²) in [5, 5.41) is 14.9. The molecule has 0 aliphatic rings. The van der Waals surface area contributed by atoms with Crippen LogP contribution in [0.5, 0.6) is 0 Å². The maximum atomic E-state index is 10.3. The third-order valence-electron chi connectivity index (χ3n) is 4.07. The zero-order valence-corrected chi connectivity index (χ0v) is 12.1. The van der Waals surface area contributed by atoms with Gasteiger partial charge in [-0.3, -0.25) is 0 Å². The summed E-state index contributed by atoms with van der Waals surface area (Å²) in [4.78, 5) is 0. The van der Waals surface area contributed by atoms with E-state index in [-0.39, 0.29) is 0 Å². The Morgan fingerprint density at radius 1 is 1.21 bits per heavy atom. The van der Waals surface area contributed by atoms with E-state index in [4.69, 9.17) is 0 Å². The average Bonchev–Trinajstić information content (AvgIpc) is 2.76. The molecule has 0 fully saturated rings. The van der Waals surface area contributed by atoms with Crippen LogP contribution < -0.4 is 5.32 Å². The summed E-state index contributed by atoms with van der Waals surface area (Å²) in [6, 6.07) is 8.41. The fourth-order valence-corrected chi connectivity index (χ4v) is 2.50. The summed E-state index contributed by atoms with van der Waals surface area (Å²) in [5.74, 6) is 0. The summed E-state index contributed by atoms with van der Waals surface area (Å²) in [7, 11) is 2.07. The zero-order chi connectivity index (χ0) is 13.9. The quantitative estimate of drug-likeness (QED) is 0.838. The third kappa shape index (κ3) is 2.99. The van der Waals surface area contributed by atoms with Crippen molar-refractivity contribution in [1.29, 1.82) is 0 Å². The molecule has 104 valence electrons. The average molecular weight is 260 g/mol. The van der Waals surface area contributed by atoms with E-state index in [9.17, 15) is 5.11 Å². The second-order valence-corrected chi connectivity index (χ2v) is 5.32. The fourth-order valence-electron chi connectivity index (χ4n) is 2.50. The number of para-hydroxylation sites is 1. The summed E-state index contributed by atoms with van der Waals surface area (Å²) < 4.78 is 2.15. The number of benzene rings is 1. The molecule has 0 aliphatic heterocycles. The van der Waals surface area contributed by atoms with Gasteiger partial charge in [-0.15, -0.1) is 0 Å². The van der Waals surface area contributed by atoms with Crippen LogP contribution in [-0.2, 0) is 13.6 Å². The van der Waals surface area contributed by atoms with Crippen molar-refractivity contribution in [3.8, 4) is 0 Å². The van der Waals surface area contributed by atoms with E-state index in [1.165, 1.54) is 16.5 Å². The number of hydrogen-bond donors (Lipinski definition) is 2. The zero-order valence-electron chi connectivity index (χ0n) is 12.1. The Bertz CT molecular complexity index is 541. The van der Waals surface area contributed by atoms with E-state index in [1.807, 2.05) is 13.8 Å². The van der Waals surface area contributed by atoms with Crippen LogP contribution in [0, 0.1) is 0 Å². The molecule has 0 amide bonds. The highest BCUT2D eigenvalue weighted by atomic mass is 16.3. The largest absolute Gasteiger partial charge is 0.389 e. The lowest BCUT2D eigenvalue weighted by Gasteiger charge is -2.25. The van der Waals surface area contributed by atoms with Crippen LogP contribution in [-0.4, -0.2) is 21.8 Å². The minimum atomic E-state index is -0.579. The van der Waals surface area contributed by atoms with Gasteiger partial charge in [0.2, 0.25) is 0 Å². The molecule has 1 heterocycles. The number of rotatable bonds is 6. The van der Waals surface area contributed by atoms with Crippen LogP contribution in [0.25, 0.3) is 10.9 Å². The van der Waals surface area contributed by atoms with Gasteiger partial charge < -0.3 is 15.0 Å². The van der Waals surface area contributed by atoms with Gasteiger partial charge in [0.15, 0.2) is 0 Å². The van der Waals surface area contributed by atoms with Crippen molar-refractivity contribution in [3.63, 3.8) is 0 Å². The molecule has 0 atom stereocenters. The van der Waals surface area contributed by atoms with Gasteiger partial charge in [0.25, 0.3) is 0 Å². The number of aryl methyl sites for hydroxylation is 1. The van der Waals surface area contributed by atoms with Crippen molar-refractivity contribution in [2.24, 2.45) is 7.05 Å². The van der Waals surface area contributed by atoms with Crippen LogP contribution in [0.2, 0.25) is 0 Å². The van der Waals surface area contributed by atoms with Crippen LogP contribution in [0.3, 0.4) is 0 Å². The van der Waals surface area contributed by atoms with Gasteiger partial charge in [0, 0.05) is 37.2 Å². The van der Waals surface area contributed by atoms with Crippen LogP contribution in [0.4, 0.5) is 0 Å². The van der Waals surface area contributed by atoms with Gasteiger partial charge in [-0.2, -0.15) is 0 Å². The first-order valence-corrected chi connectivity index (χ1v) is 7.05. The topological polar surface area (TPSA) is 37.2 Å². The van der Waals surface area contributed by atoms with Crippen molar-refractivity contribution in [2.45, 2.75) is 38.8 Å². The Hall–Kier alpha value is -1.32. The SMILES string of the molecule is CCC(O)(CC)CNCc1cn(C)c2ccccc12. The third-order valence-corrected chi connectivity index (χ3v) is 4.07. The number of aromatic nitrogens is 1. The highest BCUT2D eigenvalue weighted by molar-refractivity contribution is 5.83. The number of aliphatic hydroxyl groups is 1. The Balaban J connectivity index is 2.06. The van der Waals surface area contributed by atoms with Crippen LogP contribution in [0.1, 0.15) is 32.3 Å². The molecule has 19 heavy (non-hydrogen) atoms. The second kappa shape index (κ2) is 5.76. The molecule has 0 saturated carbocycles. The molecule has 0 aliphatic carbocycles. The van der Waals surface area contributed by atoms with Crippen molar-refractivity contribution >= 4 is 10.9 Å². The van der Waals surface area contributed by atoms with E-state index in [1.54, 1.807) is 0 Å². The molecule has 0 spiro atoms. The predicted octanol–water partition coefficient (Wildman–Crippen LogP) is 2.82. The van der Waals surface area contributed by atoms with Gasteiger partial charge in [0.1, 0.15) is 0 Å². The Kier molecular flexibility index (Phi) is 4.27. The minimum absolute atomic E-state index is 0.579. The molecule has 3 nitrogen and oxygen atoms in total. The Morgan fingerprint density at radius 2 is 1.89 bits per heavy atom. The number of hydrogen-bond acceptors (Lipinski definition) is 2. The molecule has 0 saturated heterocycles. The molecule has 1 aromatic heterocycles. The minimum Gasteiger partial charge on any atom is -0.389 e. The van der Waals surface area contributed by atoms with E-state index in [0.29, 0.717) is 6.54 Å². The number of nitrogens with zero attached hydrogens (tertiary/aromatic N) is 1. The molecule has 1 aromatic carbocycles. The first-order chi connectivity index (χ1) is 9.09. The molecular formula is C16H24N2O. The standard InChI is InChI=1S/C16H24N2O/c1-4-16(19,5-2)12-17-10-13-11-18(3)15-9-7-6-8-14(13)15/h6-9,11,17,19H,4-5,10,12H2,1-3H3. The first kappa shape index (κ1) is 14.1. The maximum Gasteiger partial charge on any atom is 0.0766 e. The van der Waals surface area contributed by atoms with Gasteiger partial charge in [-0.25, -0.2) is 0 Å². The van der Waals surface area contributed by atoms with E-state index in [2.05, 4.69) is 47.4 Å². The second-order valence-electron chi connectivity index (χ2n) is 5.32. The summed E-state index contributed by atoms with van der Waals surface area (Å²) in [5.41, 5.74) is 1.96. The molecule has 3 heteroatoms. The lowest BCUT2D eigenvalue weighted by atomic mass is 9.97. The van der Waals surface area contributed by atoms with Gasteiger partial charge in [-0.05, 0) is 24.5 Å². The van der Waals surface area contributed by atoms with E-state index >= 15 is 0 Å². The van der Waals surface area contributed by atoms with E-state index < -0.39 is 5.60 Å². The Morgan fingerprint density at radius 3 is 2.58 bits per heavy atom. The smallest absolute Gasteiger partial charge is 0.0766 e. The van der Waals surface area contributed by atoms with Crippen molar-refractivity contribution in [3.05, 3.63) is 36.0 Å². The predicted molar refractivity (Wildman–Crippen MR) is 80.2 cm³/mol. The van der Waals surface area contributed by atoms with Crippen molar-refractivity contribution in [1.82, 2.24) is 9.88 Å². The lowest BCUT2D eigenvalue weighted by Crippen LogP contribution is -2.39. The first-order valence-electron chi connectivity index (χ1n) is 7.05. The van der Waals surface area contributed by atoms with Crippen LogP contribution >= 0.6 is 0 Å². The fraction of sp³-hybridized carbons (Fsp3) is 0.500. The van der Waals surface area contributed by atoms with Gasteiger partial charge in [0.05, 0.1) is 5.60 Å². The molecular weight excluding hydrogens is 236 g/mol. The normalized spacial score (nSPS) is 12.2. The number of fused-ring (bicyclic) bond motifs is 1. The summed E-state index contributed by atoms with van der Waals surface area (Å²) in [6.07, 6.45) is 3.73. The molecule has 0 unspecified atom stereocenters. The highest BCUT2D eigenvalue weighted by Crippen LogP contribution is 2.20. The summed E-state index contributed by atoms with van der Waals surface area (Å²) in [6.45, 7) is 5.50. The van der Waals surface area contributed by atoms with E-state index in [0.717, 1.165) is 19.4 Å². The molecule has 0 radical (unpaired) electrons.